The predicted molar refractivity (Wildman–Crippen MR) is 48.0 cm³/mol. The molecule has 3 N–H and O–H groups in total. The fourth-order valence-electron chi connectivity index (χ4n) is 0.867. The van der Waals surface area contributed by atoms with Crippen LogP contribution in [0.3, 0.4) is 0 Å². The van der Waals surface area contributed by atoms with Gasteiger partial charge in [-0.1, -0.05) is 0 Å². The van der Waals surface area contributed by atoms with Crippen molar-refractivity contribution in [2.24, 2.45) is 0 Å². The van der Waals surface area contributed by atoms with Gasteiger partial charge in [0.25, 0.3) is 0 Å². The number of benzene rings is 1. The molecular formula is C9H12FNO2. The van der Waals surface area contributed by atoms with Crippen molar-refractivity contribution in [1.82, 2.24) is 0 Å². The van der Waals surface area contributed by atoms with E-state index in [2.05, 4.69) is 0 Å². The largest absolute Gasteiger partial charge is 0.485 e. The number of hydrogen-bond acceptors (Lipinski definition) is 3. The van der Waals surface area contributed by atoms with Crippen LogP contribution in [0.1, 0.15) is 6.92 Å². The summed E-state index contributed by atoms with van der Waals surface area (Å²) in [6.07, 6.45) is -0.418. The van der Waals surface area contributed by atoms with Gasteiger partial charge in [0.2, 0.25) is 0 Å². The van der Waals surface area contributed by atoms with Crippen LogP contribution in [0.5, 0.6) is 5.75 Å². The van der Waals surface area contributed by atoms with Gasteiger partial charge < -0.3 is 15.6 Å². The quantitative estimate of drug-likeness (QED) is 0.695. The molecule has 13 heavy (non-hydrogen) atoms. The lowest BCUT2D eigenvalue weighted by Crippen LogP contribution is -2.16. The normalized spacial score (nSPS) is 12.5. The molecule has 0 fully saturated rings. The molecule has 1 unspecified atom stereocenters. The Hall–Kier alpha value is -1.29. The first kappa shape index (κ1) is 9.80. The van der Waals surface area contributed by atoms with Crippen molar-refractivity contribution in [2.75, 3.05) is 12.3 Å². The Morgan fingerprint density at radius 2 is 2.31 bits per heavy atom. The fraction of sp³-hybridized carbons (Fsp3) is 0.333. The van der Waals surface area contributed by atoms with Gasteiger partial charge in [-0.05, 0) is 19.1 Å². The molecule has 0 saturated carbocycles. The Kier molecular flexibility index (Phi) is 3.08. The zero-order valence-corrected chi connectivity index (χ0v) is 7.33. The van der Waals surface area contributed by atoms with Crippen molar-refractivity contribution >= 4 is 5.69 Å². The van der Waals surface area contributed by atoms with E-state index in [9.17, 15) is 4.39 Å². The molecular weight excluding hydrogens is 173 g/mol. The number of aliphatic hydroxyl groups excluding tert-OH is 1. The van der Waals surface area contributed by atoms with E-state index >= 15 is 0 Å². The Morgan fingerprint density at radius 1 is 1.62 bits per heavy atom. The summed E-state index contributed by atoms with van der Waals surface area (Å²) in [7, 11) is 0. The molecule has 3 nitrogen and oxygen atoms in total. The monoisotopic (exact) mass is 185 g/mol. The predicted octanol–water partition coefficient (Wildman–Crippen LogP) is 1.17. The summed E-state index contributed by atoms with van der Waals surface area (Å²) in [6, 6.07) is 4.17. The van der Waals surface area contributed by atoms with Gasteiger partial charge in [0.15, 0.2) is 11.6 Å². The van der Waals surface area contributed by atoms with Gasteiger partial charge in [-0.25, -0.2) is 4.39 Å². The summed E-state index contributed by atoms with van der Waals surface area (Å²) >= 11 is 0. The second-order valence-electron chi connectivity index (χ2n) is 2.80. The van der Waals surface area contributed by atoms with E-state index in [1.165, 1.54) is 12.1 Å². The molecule has 4 heteroatoms. The molecule has 0 spiro atoms. The van der Waals surface area contributed by atoms with Gasteiger partial charge in [0.1, 0.15) is 6.10 Å². The number of aliphatic hydroxyl groups is 1. The minimum absolute atomic E-state index is 0.107. The second-order valence-corrected chi connectivity index (χ2v) is 2.80. The molecule has 0 aromatic heterocycles. The Balaban J connectivity index is 2.77. The third kappa shape index (κ3) is 2.59. The third-order valence-electron chi connectivity index (χ3n) is 1.54. The average Bonchev–Trinajstić information content (AvgIpc) is 2.09. The van der Waals surface area contributed by atoms with E-state index in [0.717, 1.165) is 0 Å². The summed E-state index contributed by atoms with van der Waals surface area (Å²) in [5, 5.41) is 8.67. The molecule has 1 aromatic rings. The molecule has 1 rings (SSSR count). The maximum Gasteiger partial charge on any atom is 0.167 e. The van der Waals surface area contributed by atoms with Crippen LogP contribution in [0.4, 0.5) is 10.1 Å². The van der Waals surface area contributed by atoms with Gasteiger partial charge in [0, 0.05) is 11.8 Å². The van der Waals surface area contributed by atoms with Crippen LogP contribution in [0.25, 0.3) is 0 Å². The Bertz CT molecular complexity index is 291. The van der Waals surface area contributed by atoms with Crippen molar-refractivity contribution < 1.29 is 14.2 Å². The minimum Gasteiger partial charge on any atom is -0.485 e. The minimum atomic E-state index is -0.514. The van der Waals surface area contributed by atoms with Crippen LogP contribution in [-0.2, 0) is 0 Å². The van der Waals surface area contributed by atoms with E-state index in [4.69, 9.17) is 15.6 Å². The molecule has 0 aliphatic carbocycles. The molecule has 0 bridgehead atoms. The van der Waals surface area contributed by atoms with E-state index in [1.807, 2.05) is 0 Å². The first-order chi connectivity index (χ1) is 6.13. The number of nitrogens with two attached hydrogens (primary N) is 1. The molecule has 0 radical (unpaired) electrons. The molecule has 0 saturated heterocycles. The molecule has 1 atom stereocenters. The van der Waals surface area contributed by atoms with E-state index < -0.39 is 11.9 Å². The highest BCUT2D eigenvalue weighted by Gasteiger charge is 2.07. The molecule has 72 valence electrons. The van der Waals surface area contributed by atoms with Crippen LogP contribution in [0.15, 0.2) is 18.2 Å². The van der Waals surface area contributed by atoms with Crippen molar-refractivity contribution in [3.8, 4) is 5.75 Å². The van der Waals surface area contributed by atoms with Crippen LogP contribution in [0.2, 0.25) is 0 Å². The van der Waals surface area contributed by atoms with Crippen molar-refractivity contribution in [1.29, 1.82) is 0 Å². The lowest BCUT2D eigenvalue weighted by Gasteiger charge is -2.12. The zero-order chi connectivity index (χ0) is 9.84. The molecule has 0 heterocycles. The maximum absolute atomic E-state index is 13.1. The van der Waals surface area contributed by atoms with E-state index in [0.29, 0.717) is 5.69 Å². The standard InChI is InChI=1S/C9H12FNO2/c1-6(5-12)13-9-3-2-7(11)4-8(9)10/h2-4,6,12H,5,11H2,1H3. The SMILES string of the molecule is CC(CO)Oc1ccc(N)cc1F. The van der Waals surface area contributed by atoms with Gasteiger partial charge >= 0.3 is 0 Å². The first-order valence-corrected chi connectivity index (χ1v) is 3.96. The van der Waals surface area contributed by atoms with Gasteiger partial charge in [-0.15, -0.1) is 0 Å². The molecule has 0 amide bonds. The summed E-state index contributed by atoms with van der Waals surface area (Å²) in [5.41, 5.74) is 5.69. The Labute approximate surface area is 75.9 Å². The Morgan fingerprint density at radius 3 is 2.85 bits per heavy atom. The van der Waals surface area contributed by atoms with Crippen LogP contribution >= 0.6 is 0 Å². The lowest BCUT2D eigenvalue weighted by atomic mass is 10.3. The molecule has 0 aliphatic rings. The second kappa shape index (κ2) is 4.09. The topological polar surface area (TPSA) is 55.5 Å². The number of nitrogen functional groups attached to an aromatic ring is 1. The zero-order valence-electron chi connectivity index (χ0n) is 7.33. The van der Waals surface area contributed by atoms with Crippen molar-refractivity contribution in [3.63, 3.8) is 0 Å². The van der Waals surface area contributed by atoms with Gasteiger partial charge in [-0.2, -0.15) is 0 Å². The molecule has 1 aromatic carbocycles. The highest BCUT2D eigenvalue weighted by Crippen LogP contribution is 2.20. The summed E-state index contributed by atoms with van der Waals surface area (Å²) in [6.45, 7) is 1.50. The highest BCUT2D eigenvalue weighted by molar-refractivity contribution is 5.42. The van der Waals surface area contributed by atoms with Gasteiger partial charge in [-0.3, -0.25) is 0 Å². The van der Waals surface area contributed by atoms with E-state index in [-0.39, 0.29) is 12.4 Å². The van der Waals surface area contributed by atoms with Crippen molar-refractivity contribution in [3.05, 3.63) is 24.0 Å². The maximum atomic E-state index is 13.1. The molecule has 0 aliphatic heterocycles. The van der Waals surface area contributed by atoms with Crippen LogP contribution < -0.4 is 10.5 Å². The number of hydrogen-bond donors (Lipinski definition) is 2. The third-order valence-corrected chi connectivity index (χ3v) is 1.54. The average molecular weight is 185 g/mol. The number of halogens is 1. The van der Waals surface area contributed by atoms with Crippen LogP contribution in [0, 0.1) is 5.82 Å². The highest BCUT2D eigenvalue weighted by atomic mass is 19.1. The summed E-state index contributed by atoms with van der Waals surface area (Å²) in [5.74, 6) is -0.406. The van der Waals surface area contributed by atoms with Crippen LogP contribution in [-0.4, -0.2) is 17.8 Å². The summed E-state index contributed by atoms with van der Waals surface area (Å²) < 4.78 is 18.1. The first-order valence-electron chi connectivity index (χ1n) is 3.96. The van der Waals surface area contributed by atoms with E-state index in [1.54, 1.807) is 13.0 Å². The number of rotatable bonds is 3. The van der Waals surface area contributed by atoms with Gasteiger partial charge in [0.05, 0.1) is 6.61 Å². The number of anilines is 1. The number of ether oxygens (including phenoxy) is 1. The fourth-order valence-corrected chi connectivity index (χ4v) is 0.867. The van der Waals surface area contributed by atoms with Crippen molar-refractivity contribution in [2.45, 2.75) is 13.0 Å². The summed E-state index contributed by atoms with van der Waals surface area (Å²) in [4.78, 5) is 0. The smallest absolute Gasteiger partial charge is 0.167 e. The lowest BCUT2D eigenvalue weighted by molar-refractivity contribution is 0.125.